The topological polar surface area (TPSA) is 75.3 Å². The summed E-state index contributed by atoms with van der Waals surface area (Å²) in [6.07, 6.45) is -4.76. The fourth-order valence-electron chi connectivity index (χ4n) is 2.27. The highest BCUT2D eigenvalue weighted by Crippen LogP contribution is 2.35. The molecule has 10 heteroatoms. The van der Waals surface area contributed by atoms with Crippen molar-refractivity contribution in [2.75, 3.05) is 13.1 Å². The fourth-order valence-corrected chi connectivity index (χ4v) is 3.68. The minimum atomic E-state index is -4.88. The molecule has 0 spiro atoms. The van der Waals surface area contributed by atoms with Gasteiger partial charge in [-0.2, -0.15) is 13.2 Å². The molecular formula is C17H16ClF3N2O3S. The summed E-state index contributed by atoms with van der Waals surface area (Å²) in [6.45, 7) is -0.331. The molecule has 0 aliphatic carbocycles. The molecule has 0 bridgehead atoms. The Morgan fingerprint density at radius 2 is 1.70 bits per heavy atom. The average molecular weight is 421 g/mol. The van der Waals surface area contributed by atoms with E-state index in [1.54, 1.807) is 24.3 Å². The van der Waals surface area contributed by atoms with Gasteiger partial charge in [-0.05, 0) is 23.8 Å². The van der Waals surface area contributed by atoms with E-state index in [9.17, 15) is 26.4 Å². The highest BCUT2D eigenvalue weighted by atomic mass is 35.5. The second-order valence-electron chi connectivity index (χ2n) is 5.55. The molecule has 0 aromatic heterocycles. The summed E-state index contributed by atoms with van der Waals surface area (Å²) in [5.41, 5.74) is -0.567. The molecule has 5 nitrogen and oxygen atoms in total. The first-order valence-electron chi connectivity index (χ1n) is 7.76. The molecule has 2 N–H and O–H groups in total. The Kier molecular flexibility index (Phi) is 6.85. The summed E-state index contributed by atoms with van der Waals surface area (Å²) in [5.74, 6) is -0.331. The summed E-state index contributed by atoms with van der Waals surface area (Å²) in [7, 11) is -4.43. The van der Waals surface area contributed by atoms with Gasteiger partial charge in [0.05, 0.1) is 16.9 Å². The van der Waals surface area contributed by atoms with E-state index in [0.717, 1.165) is 17.7 Å². The number of amides is 1. The van der Waals surface area contributed by atoms with Crippen LogP contribution in [0, 0.1) is 0 Å². The third kappa shape index (κ3) is 6.23. The lowest BCUT2D eigenvalue weighted by molar-refractivity contribution is -0.139. The highest BCUT2D eigenvalue weighted by molar-refractivity contribution is 7.89. The van der Waals surface area contributed by atoms with Crippen molar-refractivity contribution < 1.29 is 26.4 Å². The van der Waals surface area contributed by atoms with Crippen LogP contribution >= 0.6 is 11.6 Å². The maximum atomic E-state index is 13.1. The van der Waals surface area contributed by atoms with Crippen molar-refractivity contribution in [1.29, 1.82) is 0 Å². The van der Waals surface area contributed by atoms with Gasteiger partial charge in [0.1, 0.15) is 0 Å². The fraction of sp³-hybridized carbons (Fsp3) is 0.235. The normalized spacial score (nSPS) is 12.0. The molecular weight excluding hydrogens is 405 g/mol. The van der Waals surface area contributed by atoms with Crippen molar-refractivity contribution in [1.82, 2.24) is 10.0 Å². The molecule has 0 heterocycles. The molecule has 0 saturated carbocycles. The van der Waals surface area contributed by atoms with E-state index in [0.29, 0.717) is 6.07 Å². The van der Waals surface area contributed by atoms with Gasteiger partial charge in [0.25, 0.3) is 0 Å². The minimum Gasteiger partial charge on any atom is -0.355 e. The van der Waals surface area contributed by atoms with Crippen LogP contribution in [0.1, 0.15) is 11.1 Å². The van der Waals surface area contributed by atoms with E-state index >= 15 is 0 Å². The SMILES string of the molecule is O=C(Cc1ccccc1)NCCNS(=O)(=O)c1ccc(Cl)cc1C(F)(F)F. The molecule has 2 rings (SSSR count). The summed E-state index contributed by atoms with van der Waals surface area (Å²) in [5, 5.41) is 2.27. The number of carbonyl (C=O) groups excluding carboxylic acids is 1. The summed E-state index contributed by atoms with van der Waals surface area (Å²) in [6, 6.07) is 11.3. The Bertz CT molecular complexity index is 903. The zero-order chi connectivity index (χ0) is 20.1. The summed E-state index contributed by atoms with van der Waals surface area (Å²) in [4.78, 5) is 10.9. The van der Waals surface area contributed by atoms with Crippen LogP contribution in [0.4, 0.5) is 13.2 Å². The van der Waals surface area contributed by atoms with Crippen LogP contribution < -0.4 is 10.0 Å². The molecule has 1 amide bonds. The first-order valence-corrected chi connectivity index (χ1v) is 9.63. The number of hydrogen-bond acceptors (Lipinski definition) is 3. The monoisotopic (exact) mass is 420 g/mol. The summed E-state index contributed by atoms with van der Waals surface area (Å²) < 4.78 is 65.6. The molecule has 0 unspecified atom stereocenters. The van der Waals surface area contributed by atoms with Gasteiger partial charge in [0, 0.05) is 18.1 Å². The molecule has 0 atom stereocenters. The van der Waals surface area contributed by atoms with E-state index < -0.39 is 26.7 Å². The zero-order valence-corrected chi connectivity index (χ0v) is 15.5. The van der Waals surface area contributed by atoms with Gasteiger partial charge in [0.15, 0.2) is 0 Å². The second kappa shape index (κ2) is 8.73. The van der Waals surface area contributed by atoms with Crippen LogP contribution in [0.25, 0.3) is 0 Å². The average Bonchev–Trinajstić information content (AvgIpc) is 2.58. The van der Waals surface area contributed by atoms with Crippen molar-refractivity contribution in [3.8, 4) is 0 Å². The Morgan fingerprint density at radius 1 is 1.04 bits per heavy atom. The van der Waals surface area contributed by atoms with Gasteiger partial charge in [0.2, 0.25) is 15.9 Å². The standard InChI is InChI=1S/C17H16ClF3N2O3S/c18-13-6-7-15(14(11-13)17(19,20)21)27(25,26)23-9-8-22-16(24)10-12-4-2-1-3-5-12/h1-7,11,23H,8-10H2,(H,22,24). The van der Waals surface area contributed by atoms with Crippen LogP contribution in [0.5, 0.6) is 0 Å². The lowest BCUT2D eigenvalue weighted by Crippen LogP contribution is -2.36. The molecule has 2 aromatic rings. The number of hydrogen-bond donors (Lipinski definition) is 2. The number of halogens is 4. The van der Waals surface area contributed by atoms with Gasteiger partial charge in [-0.15, -0.1) is 0 Å². The van der Waals surface area contributed by atoms with Gasteiger partial charge in [-0.25, -0.2) is 13.1 Å². The Balaban J connectivity index is 1.95. The first kappa shape index (κ1) is 21.2. The second-order valence-corrected chi connectivity index (χ2v) is 7.72. The Morgan fingerprint density at radius 3 is 2.33 bits per heavy atom. The van der Waals surface area contributed by atoms with Crippen molar-refractivity contribution >= 4 is 27.5 Å². The van der Waals surface area contributed by atoms with E-state index in [-0.39, 0.29) is 30.4 Å². The summed E-state index contributed by atoms with van der Waals surface area (Å²) >= 11 is 5.54. The molecule has 0 saturated heterocycles. The van der Waals surface area contributed by atoms with E-state index in [1.165, 1.54) is 0 Å². The smallest absolute Gasteiger partial charge is 0.355 e. The van der Waals surface area contributed by atoms with Gasteiger partial charge in [-0.3, -0.25) is 4.79 Å². The van der Waals surface area contributed by atoms with Gasteiger partial charge in [-0.1, -0.05) is 41.9 Å². The maximum Gasteiger partial charge on any atom is 0.417 e. The molecule has 27 heavy (non-hydrogen) atoms. The van der Waals surface area contributed by atoms with E-state index in [2.05, 4.69) is 5.32 Å². The van der Waals surface area contributed by atoms with E-state index in [1.807, 2.05) is 10.8 Å². The zero-order valence-electron chi connectivity index (χ0n) is 13.9. The largest absolute Gasteiger partial charge is 0.417 e. The Labute approximate surface area is 159 Å². The van der Waals surface area contributed by atoms with Gasteiger partial charge < -0.3 is 5.32 Å². The van der Waals surface area contributed by atoms with Crippen LogP contribution in [0.2, 0.25) is 5.02 Å². The maximum absolute atomic E-state index is 13.1. The van der Waals surface area contributed by atoms with Crippen LogP contribution in [-0.2, 0) is 27.4 Å². The lowest BCUT2D eigenvalue weighted by Gasteiger charge is -2.14. The quantitative estimate of drug-likeness (QED) is 0.676. The lowest BCUT2D eigenvalue weighted by atomic mass is 10.1. The molecule has 0 aliphatic heterocycles. The number of carbonyl (C=O) groups is 1. The van der Waals surface area contributed by atoms with Crippen LogP contribution in [0.15, 0.2) is 53.4 Å². The molecule has 2 aromatic carbocycles. The first-order chi connectivity index (χ1) is 12.6. The van der Waals surface area contributed by atoms with Crippen molar-refractivity contribution in [3.63, 3.8) is 0 Å². The number of benzene rings is 2. The predicted octanol–water partition coefficient (Wildman–Crippen LogP) is 3.00. The third-order valence-electron chi connectivity index (χ3n) is 3.48. The molecule has 146 valence electrons. The number of sulfonamides is 1. The molecule has 0 fully saturated rings. The molecule has 0 aliphatic rings. The van der Waals surface area contributed by atoms with Crippen molar-refractivity contribution in [3.05, 3.63) is 64.7 Å². The number of rotatable bonds is 7. The van der Waals surface area contributed by atoms with Crippen LogP contribution in [-0.4, -0.2) is 27.4 Å². The molecule has 0 radical (unpaired) electrons. The Hall–Kier alpha value is -2.10. The predicted molar refractivity (Wildman–Crippen MR) is 94.8 cm³/mol. The minimum absolute atomic E-state index is 0.0696. The number of nitrogens with one attached hydrogen (secondary N) is 2. The van der Waals surface area contributed by atoms with Crippen LogP contribution in [0.3, 0.4) is 0 Å². The number of alkyl halides is 3. The van der Waals surface area contributed by atoms with Crippen molar-refractivity contribution in [2.45, 2.75) is 17.5 Å². The third-order valence-corrected chi connectivity index (χ3v) is 5.24. The van der Waals surface area contributed by atoms with E-state index in [4.69, 9.17) is 11.6 Å². The highest BCUT2D eigenvalue weighted by Gasteiger charge is 2.37. The van der Waals surface area contributed by atoms with Crippen molar-refractivity contribution in [2.24, 2.45) is 0 Å². The van der Waals surface area contributed by atoms with Gasteiger partial charge >= 0.3 is 6.18 Å².